The number of fused-ring (bicyclic) bond motifs is 4. The van der Waals surface area contributed by atoms with E-state index in [1.807, 2.05) is 0 Å². The molecule has 4 rings (SSSR count). The summed E-state index contributed by atoms with van der Waals surface area (Å²) in [6.07, 6.45) is 13.7. The Kier molecular flexibility index (Phi) is 3.33. The molecule has 2 saturated carbocycles. The van der Waals surface area contributed by atoms with Gasteiger partial charge in [-0.05, 0) is 86.9 Å². The topological polar surface area (TPSA) is 20.2 Å². The van der Waals surface area contributed by atoms with Gasteiger partial charge in [0, 0.05) is 0 Å². The Bertz CT molecular complexity index is 476. The third-order valence-corrected chi connectivity index (χ3v) is 7.71. The first-order chi connectivity index (χ1) is 10.1. The quantitative estimate of drug-likeness (QED) is 0.682. The van der Waals surface area contributed by atoms with Crippen LogP contribution in [0.15, 0.2) is 23.8 Å². The van der Waals surface area contributed by atoms with Crippen LogP contribution in [0.25, 0.3) is 0 Å². The monoisotopic (exact) mass is 286 g/mol. The molecule has 0 aromatic carbocycles. The number of allylic oxidation sites excluding steroid dienone is 2. The Morgan fingerprint density at radius 2 is 2.00 bits per heavy atom. The van der Waals surface area contributed by atoms with Gasteiger partial charge in [-0.15, -0.1) is 6.58 Å². The van der Waals surface area contributed by atoms with Gasteiger partial charge in [0.1, 0.15) is 0 Å². The fourth-order valence-electron chi connectivity index (χ4n) is 6.62. The average Bonchev–Trinajstić information content (AvgIpc) is 2.83. The molecule has 0 radical (unpaired) electrons. The molecule has 3 unspecified atom stereocenters. The molecular weight excluding hydrogens is 256 g/mol. The third kappa shape index (κ3) is 2.00. The third-order valence-electron chi connectivity index (χ3n) is 7.71. The van der Waals surface area contributed by atoms with Crippen molar-refractivity contribution in [1.29, 1.82) is 0 Å². The first-order valence-corrected chi connectivity index (χ1v) is 9.15. The van der Waals surface area contributed by atoms with E-state index < -0.39 is 0 Å². The molecule has 0 aromatic rings. The molecule has 0 amide bonds. The lowest BCUT2D eigenvalue weighted by molar-refractivity contribution is 0.0212. The van der Waals surface area contributed by atoms with Gasteiger partial charge in [0.15, 0.2) is 0 Å². The summed E-state index contributed by atoms with van der Waals surface area (Å²) in [7, 11) is 0. The number of hydrogen-bond acceptors (Lipinski definition) is 1. The molecule has 1 N–H and O–H groups in total. The van der Waals surface area contributed by atoms with Crippen molar-refractivity contribution < 1.29 is 5.11 Å². The largest absolute Gasteiger partial charge is 0.393 e. The Hall–Kier alpha value is -0.560. The van der Waals surface area contributed by atoms with Crippen LogP contribution in [0.4, 0.5) is 0 Å². The predicted octanol–water partition coefficient (Wildman–Crippen LogP) is 4.87. The van der Waals surface area contributed by atoms with Gasteiger partial charge in [-0.3, -0.25) is 0 Å². The zero-order valence-corrected chi connectivity index (χ0v) is 13.5. The van der Waals surface area contributed by atoms with Crippen molar-refractivity contribution in [1.82, 2.24) is 0 Å². The van der Waals surface area contributed by atoms with Crippen molar-refractivity contribution in [3.05, 3.63) is 23.8 Å². The molecule has 4 aliphatic carbocycles. The van der Waals surface area contributed by atoms with E-state index in [0.717, 1.165) is 36.5 Å². The van der Waals surface area contributed by atoms with Crippen molar-refractivity contribution >= 4 is 0 Å². The van der Waals surface area contributed by atoms with Crippen molar-refractivity contribution in [2.45, 2.75) is 70.8 Å². The van der Waals surface area contributed by atoms with Gasteiger partial charge >= 0.3 is 0 Å². The summed E-state index contributed by atoms with van der Waals surface area (Å²) in [6, 6.07) is 0. The highest BCUT2D eigenvalue weighted by Crippen LogP contribution is 2.63. The highest BCUT2D eigenvalue weighted by Gasteiger charge is 2.54. The standard InChI is InChI=1S/C20H30O/c1-3-14-5-9-19-18-7-4-13-12-15(21)6-8-16(13)17(18)10-11-20(14,19)2/h3,14-15,17-19,21H,1,4-12H2,2H3/t14-,15-,17?,18?,19?,20+/m0/s1. The van der Waals surface area contributed by atoms with Crippen molar-refractivity contribution in [3.63, 3.8) is 0 Å². The predicted molar refractivity (Wildman–Crippen MR) is 86.8 cm³/mol. The lowest BCUT2D eigenvalue weighted by Gasteiger charge is -2.52. The Morgan fingerprint density at radius 1 is 1.14 bits per heavy atom. The lowest BCUT2D eigenvalue weighted by Crippen LogP contribution is -2.43. The van der Waals surface area contributed by atoms with Gasteiger partial charge in [0.25, 0.3) is 0 Å². The molecule has 116 valence electrons. The van der Waals surface area contributed by atoms with E-state index >= 15 is 0 Å². The highest BCUT2D eigenvalue weighted by atomic mass is 16.3. The molecule has 0 saturated heterocycles. The smallest absolute Gasteiger partial charge is 0.0580 e. The molecule has 0 bridgehead atoms. The Balaban J connectivity index is 1.63. The van der Waals surface area contributed by atoms with Gasteiger partial charge in [-0.2, -0.15) is 0 Å². The minimum Gasteiger partial charge on any atom is -0.393 e. The molecule has 6 atom stereocenters. The van der Waals surface area contributed by atoms with Gasteiger partial charge < -0.3 is 5.11 Å². The van der Waals surface area contributed by atoms with Crippen LogP contribution in [0.5, 0.6) is 0 Å². The van der Waals surface area contributed by atoms with Crippen LogP contribution in [-0.2, 0) is 0 Å². The summed E-state index contributed by atoms with van der Waals surface area (Å²) in [4.78, 5) is 0. The van der Waals surface area contributed by atoms with E-state index in [1.54, 1.807) is 11.1 Å². The summed E-state index contributed by atoms with van der Waals surface area (Å²) in [5, 5.41) is 9.96. The molecule has 1 heteroatoms. The maximum absolute atomic E-state index is 9.96. The maximum atomic E-state index is 9.96. The van der Waals surface area contributed by atoms with Gasteiger partial charge in [-0.1, -0.05) is 24.1 Å². The second-order valence-corrected chi connectivity index (χ2v) is 8.40. The molecule has 0 heterocycles. The van der Waals surface area contributed by atoms with Crippen molar-refractivity contribution in [2.75, 3.05) is 0 Å². The number of hydrogen-bond donors (Lipinski definition) is 1. The summed E-state index contributed by atoms with van der Waals surface area (Å²) in [6.45, 7) is 6.68. The molecule has 4 aliphatic rings. The Labute approximate surface area is 129 Å². The molecule has 1 nitrogen and oxygen atoms in total. The van der Waals surface area contributed by atoms with Crippen LogP contribution in [-0.4, -0.2) is 11.2 Å². The van der Waals surface area contributed by atoms with E-state index in [9.17, 15) is 5.11 Å². The maximum Gasteiger partial charge on any atom is 0.0580 e. The molecule has 0 aromatic heterocycles. The fraction of sp³-hybridized carbons (Fsp3) is 0.800. The van der Waals surface area contributed by atoms with Crippen molar-refractivity contribution in [2.24, 2.45) is 29.1 Å². The summed E-state index contributed by atoms with van der Waals surface area (Å²) >= 11 is 0. The second-order valence-electron chi connectivity index (χ2n) is 8.40. The number of aliphatic hydroxyl groups is 1. The first kappa shape index (κ1) is 14.1. The van der Waals surface area contributed by atoms with E-state index in [4.69, 9.17) is 0 Å². The minimum absolute atomic E-state index is 0.0502. The molecule has 0 aliphatic heterocycles. The van der Waals surface area contributed by atoms with Crippen LogP contribution in [0.1, 0.15) is 64.7 Å². The van der Waals surface area contributed by atoms with Crippen molar-refractivity contribution in [3.8, 4) is 0 Å². The molecular formula is C20H30O. The lowest BCUT2D eigenvalue weighted by atomic mass is 9.53. The van der Waals surface area contributed by atoms with Crippen LogP contribution in [0, 0.1) is 29.1 Å². The van der Waals surface area contributed by atoms with E-state index in [2.05, 4.69) is 19.6 Å². The summed E-state index contributed by atoms with van der Waals surface area (Å²) < 4.78 is 0. The van der Waals surface area contributed by atoms with Crippen LogP contribution >= 0.6 is 0 Å². The Morgan fingerprint density at radius 3 is 2.81 bits per heavy atom. The van der Waals surface area contributed by atoms with Gasteiger partial charge in [-0.25, -0.2) is 0 Å². The van der Waals surface area contributed by atoms with Gasteiger partial charge in [0.2, 0.25) is 0 Å². The summed E-state index contributed by atoms with van der Waals surface area (Å²) in [5.41, 5.74) is 3.98. The minimum atomic E-state index is -0.0502. The molecule has 21 heavy (non-hydrogen) atoms. The summed E-state index contributed by atoms with van der Waals surface area (Å²) in [5.74, 6) is 3.48. The van der Waals surface area contributed by atoms with Crippen LogP contribution < -0.4 is 0 Å². The van der Waals surface area contributed by atoms with E-state index in [0.29, 0.717) is 5.41 Å². The number of rotatable bonds is 1. The fourth-order valence-corrected chi connectivity index (χ4v) is 6.62. The molecule has 0 spiro atoms. The normalized spacial score (nSPS) is 49.3. The van der Waals surface area contributed by atoms with E-state index in [-0.39, 0.29) is 6.10 Å². The van der Waals surface area contributed by atoms with Crippen LogP contribution in [0.3, 0.4) is 0 Å². The average molecular weight is 286 g/mol. The SMILES string of the molecule is C=C[C@H]1CCC2C3CCC4=C(CC[C@H](O)C4)C3CC[C@@]21C. The van der Waals surface area contributed by atoms with Gasteiger partial charge in [0.05, 0.1) is 6.10 Å². The first-order valence-electron chi connectivity index (χ1n) is 9.15. The second kappa shape index (κ2) is 4.98. The van der Waals surface area contributed by atoms with E-state index in [1.165, 1.54) is 44.9 Å². The zero-order valence-electron chi connectivity index (χ0n) is 13.5. The highest BCUT2D eigenvalue weighted by molar-refractivity contribution is 5.27. The van der Waals surface area contributed by atoms with Crippen LogP contribution in [0.2, 0.25) is 0 Å². The zero-order chi connectivity index (χ0) is 14.6. The molecule has 2 fully saturated rings. The number of aliphatic hydroxyl groups excluding tert-OH is 1.